The van der Waals surface area contributed by atoms with Gasteiger partial charge in [-0.2, -0.15) is 0 Å². The molecule has 6 nitrogen and oxygen atoms in total. The minimum absolute atomic E-state index is 0.000454. The second kappa shape index (κ2) is 11.1. The Kier molecular flexibility index (Phi) is 7.64. The van der Waals surface area contributed by atoms with E-state index in [0.29, 0.717) is 12.4 Å². The van der Waals surface area contributed by atoms with Crippen molar-refractivity contribution in [2.24, 2.45) is 5.73 Å². The summed E-state index contributed by atoms with van der Waals surface area (Å²) in [5.74, 6) is 2.27. The van der Waals surface area contributed by atoms with Crippen molar-refractivity contribution in [1.29, 1.82) is 0 Å². The van der Waals surface area contributed by atoms with Gasteiger partial charge in [0, 0.05) is 46.5 Å². The zero-order valence-electron chi connectivity index (χ0n) is 23.2. The third-order valence-corrected chi connectivity index (χ3v) is 7.96. The molecule has 200 valence electrons. The smallest absolute Gasteiger partial charge is 0.162 e. The highest BCUT2D eigenvalue weighted by Gasteiger charge is 2.23. The van der Waals surface area contributed by atoms with Gasteiger partial charge in [-0.3, -0.25) is 4.98 Å². The Bertz CT molecular complexity index is 1580. The molecule has 0 aliphatic rings. The van der Waals surface area contributed by atoms with Crippen LogP contribution in [0.15, 0.2) is 73.1 Å². The number of hydrogen-bond donors (Lipinski definition) is 2. The molecule has 7 heteroatoms. The molecule has 3 heterocycles. The van der Waals surface area contributed by atoms with Crippen molar-refractivity contribution in [1.82, 2.24) is 15.0 Å². The molecular weight excluding hydrogens is 502 g/mol. The van der Waals surface area contributed by atoms with Crippen LogP contribution in [0.2, 0.25) is 0 Å². The number of aromatic nitrogens is 3. The Morgan fingerprint density at radius 1 is 1.00 bits per heavy atom. The zero-order chi connectivity index (χ0) is 27.6. The number of anilines is 1. The van der Waals surface area contributed by atoms with Crippen LogP contribution in [0.3, 0.4) is 0 Å². The van der Waals surface area contributed by atoms with E-state index in [1.165, 1.54) is 11.1 Å². The molecule has 0 fully saturated rings. The van der Waals surface area contributed by atoms with Crippen molar-refractivity contribution < 1.29 is 4.74 Å². The number of fused-ring (bicyclic) bond motifs is 1. The standard InChI is InChI=1S/C32H35N5OS/c1-20-27(25-18-23(32(2,3)4)11-12-26(25)38-5)28-29(39-20)31(37-30(36-28)22-13-15-34-16-14-22)35-19-24(33)17-21-9-7-6-8-10-21/h6-16,18,24H,17,19,33H2,1-5H3,(H,35,36,37)/t24-/m0/s1. The zero-order valence-corrected chi connectivity index (χ0v) is 24.0. The van der Waals surface area contributed by atoms with Crippen molar-refractivity contribution in [3.63, 3.8) is 0 Å². The molecular formula is C32H35N5OS. The summed E-state index contributed by atoms with van der Waals surface area (Å²) in [6.07, 6.45) is 4.31. The quantitative estimate of drug-likeness (QED) is 0.221. The van der Waals surface area contributed by atoms with Gasteiger partial charge in [0.1, 0.15) is 11.6 Å². The SMILES string of the molecule is COc1ccc(C(C)(C)C)cc1-c1c(C)sc2c(NC[C@@H](N)Cc3ccccc3)nc(-c3ccncc3)nc12. The van der Waals surface area contributed by atoms with Crippen LogP contribution in [-0.4, -0.2) is 34.6 Å². The molecule has 0 unspecified atom stereocenters. The normalized spacial score (nSPS) is 12.5. The highest BCUT2D eigenvalue weighted by atomic mass is 32.1. The highest BCUT2D eigenvalue weighted by Crippen LogP contribution is 2.45. The summed E-state index contributed by atoms with van der Waals surface area (Å²) in [4.78, 5) is 15.4. The first kappa shape index (κ1) is 26.8. The van der Waals surface area contributed by atoms with Gasteiger partial charge in [0.05, 0.1) is 17.3 Å². The first-order chi connectivity index (χ1) is 18.7. The summed E-state index contributed by atoms with van der Waals surface area (Å²) in [6, 6.07) is 20.6. The van der Waals surface area contributed by atoms with Crippen molar-refractivity contribution in [3.05, 3.63) is 89.1 Å². The number of nitrogens with two attached hydrogens (primary N) is 1. The molecule has 0 bridgehead atoms. The number of aryl methyl sites for hydroxylation is 1. The number of rotatable bonds is 8. The van der Waals surface area contributed by atoms with Gasteiger partial charge in [-0.1, -0.05) is 57.2 Å². The fourth-order valence-corrected chi connectivity index (χ4v) is 5.81. The molecule has 3 aromatic heterocycles. The average molecular weight is 538 g/mol. The minimum Gasteiger partial charge on any atom is -0.496 e. The predicted molar refractivity (Wildman–Crippen MR) is 163 cm³/mol. The average Bonchev–Trinajstić information content (AvgIpc) is 3.27. The van der Waals surface area contributed by atoms with Gasteiger partial charge in [0.2, 0.25) is 0 Å². The minimum atomic E-state index is -0.0640. The first-order valence-electron chi connectivity index (χ1n) is 13.2. The summed E-state index contributed by atoms with van der Waals surface area (Å²) >= 11 is 1.70. The topological polar surface area (TPSA) is 86.0 Å². The molecule has 5 aromatic rings. The number of hydrogen-bond acceptors (Lipinski definition) is 7. The van der Waals surface area contributed by atoms with Crippen molar-refractivity contribution in [3.8, 4) is 28.3 Å². The van der Waals surface area contributed by atoms with E-state index in [2.05, 4.69) is 68.3 Å². The fraction of sp³-hybridized carbons (Fsp3) is 0.281. The summed E-state index contributed by atoms with van der Waals surface area (Å²) in [7, 11) is 1.72. The van der Waals surface area contributed by atoms with Gasteiger partial charge in [-0.15, -0.1) is 11.3 Å². The van der Waals surface area contributed by atoms with E-state index in [-0.39, 0.29) is 11.5 Å². The van der Waals surface area contributed by atoms with Crippen LogP contribution in [0.1, 0.15) is 36.8 Å². The van der Waals surface area contributed by atoms with E-state index >= 15 is 0 Å². The van der Waals surface area contributed by atoms with Crippen LogP contribution in [0, 0.1) is 6.92 Å². The van der Waals surface area contributed by atoms with Gasteiger partial charge in [0.15, 0.2) is 5.82 Å². The van der Waals surface area contributed by atoms with Crippen LogP contribution in [-0.2, 0) is 11.8 Å². The van der Waals surface area contributed by atoms with Crippen LogP contribution < -0.4 is 15.8 Å². The monoisotopic (exact) mass is 537 g/mol. The van der Waals surface area contributed by atoms with Crippen LogP contribution in [0.5, 0.6) is 5.75 Å². The van der Waals surface area contributed by atoms with Gasteiger partial charge in [-0.05, 0) is 54.2 Å². The molecule has 0 radical (unpaired) electrons. The van der Waals surface area contributed by atoms with Crippen LogP contribution in [0.25, 0.3) is 32.7 Å². The maximum atomic E-state index is 6.54. The largest absolute Gasteiger partial charge is 0.496 e. The second-order valence-electron chi connectivity index (χ2n) is 10.8. The maximum Gasteiger partial charge on any atom is 0.162 e. The number of nitrogens with zero attached hydrogens (tertiary/aromatic N) is 3. The third kappa shape index (κ3) is 5.79. The number of nitrogens with one attached hydrogen (secondary N) is 1. The summed E-state index contributed by atoms with van der Waals surface area (Å²) in [5, 5.41) is 3.56. The molecule has 0 spiro atoms. The molecule has 0 amide bonds. The van der Waals surface area contributed by atoms with E-state index in [0.717, 1.165) is 49.8 Å². The van der Waals surface area contributed by atoms with Gasteiger partial charge >= 0.3 is 0 Å². The summed E-state index contributed by atoms with van der Waals surface area (Å²) in [6.45, 7) is 9.40. The number of methoxy groups -OCH3 is 1. The molecule has 1 atom stereocenters. The number of pyridine rings is 1. The molecule has 0 aliphatic carbocycles. The van der Waals surface area contributed by atoms with Gasteiger partial charge in [-0.25, -0.2) is 9.97 Å². The lowest BCUT2D eigenvalue weighted by Crippen LogP contribution is -2.31. The lowest BCUT2D eigenvalue weighted by molar-refractivity contribution is 0.416. The van der Waals surface area contributed by atoms with Crippen molar-refractivity contribution in [2.45, 2.75) is 45.6 Å². The molecule has 0 aliphatic heterocycles. The first-order valence-corrected chi connectivity index (χ1v) is 14.0. The van der Waals surface area contributed by atoms with E-state index in [4.69, 9.17) is 20.4 Å². The summed E-state index contributed by atoms with van der Waals surface area (Å²) < 4.78 is 6.85. The molecule has 0 saturated carbocycles. The maximum absolute atomic E-state index is 6.54. The molecule has 2 aromatic carbocycles. The number of benzene rings is 2. The summed E-state index contributed by atoms with van der Waals surface area (Å²) in [5.41, 5.74) is 12.9. The third-order valence-electron chi connectivity index (χ3n) is 6.86. The van der Waals surface area contributed by atoms with Gasteiger partial charge < -0.3 is 15.8 Å². The Morgan fingerprint density at radius 3 is 2.44 bits per heavy atom. The Labute approximate surface area is 234 Å². The van der Waals surface area contributed by atoms with Crippen molar-refractivity contribution in [2.75, 3.05) is 19.0 Å². The predicted octanol–water partition coefficient (Wildman–Crippen LogP) is 7.02. The van der Waals surface area contributed by atoms with Gasteiger partial charge in [0.25, 0.3) is 0 Å². The molecule has 5 rings (SSSR count). The van der Waals surface area contributed by atoms with Crippen LogP contribution in [0.4, 0.5) is 5.82 Å². The Balaban J connectivity index is 1.62. The number of ether oxygens (including phenoxy) is 1. The number of thiophene rings is 1. The Morgan fingerprint density at radius 2 is 1.74 bits per heavy atom. The molecule has 3 N–H and O–H groups in total. The van der Waals surface area contributed by atoms with E-state index in [1.807, 2.05) is 30.3 Å². The van der Waals surface area contributed by atoms with E-state index in [9.17, 15) is 0 Å². The highest BCUT2D eigenvalue weighted by molar-refractivity contribution is 7.20. The Hall–Kier alpha value is -3.81. The van der Waals surface area contributed by atoms with E-state index in [1.54, 1.807) is 30.8 Å². The van der Waals surface area contributed by atoms with E-state index < -0.39 is 0 Å². The van der Waals surface area contributed by atoms with Crippen LogP contribution >= 0.6 is 11.3 Å². The molecule has 0 saturated heterocycles. The van der Waals surface area contributed by atoms with Crippen molar-refractivity contribution >= 4 is 27.4 Å². The lowest BCUT2D eigenvalue weighted by atomic mass is 9.85. The fourth-order valence-electron chi connectivity index (χ4n) is 4.74. The molecule has 39 heavy (non-hydrogen) atoms. The lowest BCUT2D eigenvalue weighted by Gasteiger charge is -2.21. The second-order valence-corrected chi connectivity index (χ2v) is 12.1.